The normalized spacial score (nSPS) is 20.6. The van der Waals surface area contributed by atoms with E-state index in [2.05, 4.69) is 10.4 Å². The van der Waals surface area contributed by atoms with Crippen molar-refractivity contribution in [1.82, 2.24) is 14.7 Å². The van der Waals surface area contributed by atoms with Gasteiger partial charge in [0.2, 0.25) is 11.8 Å². The minimum absolute atomic E-state index is 0.0491. The first-order valence-corrected chi connectivity index (χ1v) is 9.22. The van der Waals surface area contributed by atoms with Gasteiger partial charge in [-0.05, 0) is 36.6 Å². The Morgan fingerprint density at radius 2 is 2.25 bits per heavy atom. The zero-order valence-corrected chi connectivity index (χ0v) is 14.2. The van der Waals surface area contributed by atoms with Gasteiger partial charge in [0, 0.05) is 24.0 Å². The molecule has 1 aliphatic heterocycles. The standard InChI is InChI=1S/C17H20N4O2S/c22-16-6-5-15(21(16)11-14-2-1-7-24-14)17(23)19-13-8-18-20(10-13)9-12-3-4-12/h1-2,7-8,10,12,15H,3-6,9,11H2,(H,19,23). The van der Waals surface area contributed by atoms with Crippen LogP contribution >= 0.6 is 11.3 Å². The van der Waals surface area contributed by atoms with Gasteiger partial charge in [-0.25, -0.2) is 0 Å². The summed E-state index contributed by atoms with van der Waals surface area (Å²) in [7, 11) is 0. The van der Waals surface area contributed by atoms with Gasteiger partial charge in [0.05, 0.1) is 18.4 Å². The van der Waals surface area contributed by atoms with Gasteiger partial charge in [0.15, 0.2) is 0 Å². The lowest BCUT2D eigenvalue weighted by Crippen LogP contribution is -2.40. The Morgan fingerprint density at radius 1 is 1.38 bits per heavy atom. The van der Waals surface area contributed by atoms with E-state index in [4.69, 9.17) is 0 Å². The number of carbonyl (C=O) groups excluding carboxylic acids is 2. The fourth-order valence-electron chi connectivity index (χ4n) is 3.09. The van der Waals surface area contributed by atoms with Crippen molar-refractivity contribution < 1.29 is 9.59 Å². The highest BCUT2D eigenvalue weighted by atomic mass is 32.1. The van der Waals surface area contributed by atoms with Crippen LogP contribution in [-0.2, 0) is 22.7 Å². The molecule has 24 heavy (non-hydrogen) atoms. The first-order valence-electron chi connectivity index (χ1n) is 8.34. The van der Waals surface area contributed by atoms with E-state index in [1.54, 1.807) is 22.4 Å². The molecule has 2 aromatic rings. The van der Waals surface area contributed by atoms with E-state index in [0.717, 1.165) is 17.3 Å². The van der Waals surface area contributed by atoms with Gasteiger partial charge in [-0.3, -0.25) is 14.3 Å². The summed E-state index contributed by atoms with van der Waals surface area (Å²) in [4.78, 5) is 27.5. The SMILES string of the molecule is O=C(Nc1cnn(CC2CC2)c1)C1CCC(=O)N1Cc1cccs1. The summed E-state index contributed by atoms with van der Waals surface area (Å²) >= 11 is 1.61. The molecule has 1 saturated carbocycles. The Kier molecular flexibility index (Phi) is 4.10. The highest BCUT2D eigenvalue weighted by Gasteiger charge is 2.36. The van der Waals surface area contributed by atoms with E-state index in [1.165, 1.54) is 12.8 Å². The van der Waals surface area contributed by atoms with Gasteiger partial charge < -0.3 is 10.2 Å². The van der Waals surface area contributed by atoms with Crippen LogP contribution in [0.2, 0.25) is 0 Å². The molecule has 7 heteroatoms. The van der Waals surface area contributed by atoms with E-state index < -0.39 is 6.04 Å². The number of rotatable bonds is 6. The lowest BCUT2D eigenvalue weighted by atomic mass is 10.2. The maximum Gasteiger partial charge on any atom is 0.247 e. The molecule has 2 aliphatic rings. The van der Waals surface area contributed by atoms with Gasteiger partial charge in [-0.1, -0.05) is 6.07 Å². The largest absolute Gasteiger partial charge is 0.326 e. The number of thiophene rings is 1. The minimum atomic E-state index is -0.397. The van der Waals surface area contributed by atoms with Crippen LogP contribution < -0.4 is 5.32 Å². The van der Waals surface area contributed by atoms with Crippen molar-refractivity contribution in [3.8, 4) is 0 Å². The third kappa shape index (κ3) is 3.36. The van der Waals surface area contributed by atoms with E-state index in [1.807, 2.05) is 28.4 Å². The molecule has 1 unspecified atom stereocenters. The van der Waals surface area contributed by atoms with Crippen molar-refractivity contribution in [2.75, 3.05) is 5.32 Å². The summed E-state index contributed by atoms with van der Waals surface area (Å²) in [6, 6.07) is 3.56. The van der Waals surface area contributed by atoms with E-state index >= 15 is 0 Å². The molecule has 0 aromatic carbocycles. The third-order valence-electron chi connectivity index (χ3n) is 4.58. The highest BCUT2D eigenvalue weighted by Crippen LogP contribution is 2.30. The van der Waals surface area contributed by atoms with Crippen molar-refractivity contribution in [2.24, 2.45) is 5.92 Å². The number of likely N-dealkylation sites (tertiary alicyclic amines) is 1. The number of nitrogens with one attached hydrogen (secondary N) is 1. The summed E-state index contributed by atoms with van der Waals surface area (Å²) in [5.74, 6) is 0.665. The maximum atomic E-state index is 12.6. The summed E-state index contributed by atoms with van der Waals surface area (Å²) in [6.07, 6.45) is 7.10. The monoisotopic (exact) mass is 344 g/mol. The molecule has 2 fully saturated rings. The predicted molar refractivity (Wildman–Crippen MR) is 91.5 cm³/mol. The van der Waals surface area contributed by atoms with Crippen LogP contribution in [0, 0.1) is 5.92 Å². The molecule has 1 atom stereocenters. The Hall–Kier alpha value is -2.15. The van der Waals surface area contributed by atoms with Crippen molar-refractivity contribution >= 4 is 28.8 Å². The second-order valence-corrected chi connectivity index (χ2v) is 7.57. The smallest absolute Gasteiger partial charge is 0.247 e. The third-order valence-corrected chi connectivity index (χ3v) is 5.44. The van der Waals surface area contributed by atoms with Gasteiger partial charge in [-0.15, -0.1) is 11.3 Å². The molecule has 1 aliphatic carbocycles. The maximum absolute atomic E-state index is 12.6. The van der Waals surface area contributed by atoms with E-state index in [0.29, 0.717) is 25.1 Å². The lowest BCUT2D eigenvalue weighted by molar-refractivity contribution is -0.133. The Labute approximate surface area is 144 Å². The topological polar surface area (TPSA) is 67.2 Å². The molecule has 0 spiro atoms. The molecule has 2 amide bonds. The average Bonchev–Trinajstić information content (AvgIpc) is 2.94. The van der Waals surface area contributed by atoms with E-state index in [9.17, 15) is 9.59 Å². The molecular weight excluding hydrogens is 324 g/mol. The van der Waals surface area contributed by atoms with Crippen molar-refractivity contribution in [2.45, 2.75) is 44.8 Å². The number of nitrogens with zero attached hydrogens (tertiary/aromatic N) is 3. The molecule has 1 saturated heterocycles. The van der Waals surface area contributed by atoms with Gasteiger partial charge >= 0.3 is 0 Å². The summed E-state index contributed by atoms with van der Waals surface area (Å²) in [5, 5.41) is 9.19. The van der Waals surface area contributed by atoms with Gasteiger partial charge in [0.25, 0.3) is 0 Å². The number of anilines is 1. The Balaban J connectivity index is 1.40. The molecule has 3 heterocycles. The second-order valence-electron chi connectivity index (χ2n) is 6.54. The molecule has 0 bridgehead atoms. The second kappa shape index (κ2) is 6.39. The quantitative estimate of drug-likeness (QED) is 0.875. The minimum Gasteiger partial charge on any atom is -0.326 e. The number of aromatic nitrogens is 2. The number of carbonyl (C=O) groups is 2. The van der Waals surface area contributed by atoms with Gasteiger partial charge in [-0.2, -0.15) is 5.10 Å². The lowest BCUT2D eigenvalue weighted by Gasteiger charge is -2.23. The Morgan fingerprint density at radius 3 is 3.00 bits per heavy atom. The molecule has 6 nitrogen and oxygen atoms in total. The molecular formula is C17H20N4O2S. The highest BCUT2D eigenvalue weighted by molar-refractivity contribution is 7.09. The predicted octanol–water partition coefficient (Wildman–Crippen LogP) is 2.48. The molecule has 4 rings (SSSR count). The van der Waals surface area contributed by atoms with Crippen molar-refractivity contribution in [1.29, 1.82) is 0 Å². The van der Waals surface area contributed by atoms with Crippen LogP contribution in [0.25, 0.3) is 0 Å². The fourth-order valence-corrected chi connectivity index (χ4v) is 3.80. The fraction of sp³-hybridized carbons (Fsp3) is 0.471. The van der Waals surface area contributed by atoms with E-state index in [-0.39, 0.29) is 11.8 Å². The summed E-state index contributed by atoms with van der Waals surface area (Å²) in [5.41, 5.74) is 0.705. The van der Waals surface area contributed by atoms with Crippen molar-refractivity contribution in [3.05, 3.63) is 34.8 Å². The van der Waals surface area contributed by atoms with Crippen LogP contribution in [0.15, 0.2) is 29.9 Å². The van der Waals surface area contributed by atoms with Crippen LogP contribution in [0.4, 0.5) is 5.69 Å². The summed E-state index contributed by atoms with van der Waals surface area (Å²) < 4.78 is 1.89. The molecule has 1 N–H and O–H groups in total. The average molecular weight is 344 g/mol. The first kappa shape index (κ1) is 15.4. The van der Waals surface area contributed by atoms with Crippen LogP contribution in [0.3, 0.4) is 0 Å². The number of hydrogen-bond donors (Lipinski definition) is 1. The molecule has 2 aromatic heterocycles. The number of amides is 2. The van der Waals surface area contributed by atoms with Crippen molar-refractivity contribution in [3.63, 3.8) is 0 Å². The first-order chi connectivity index (χ1) is 11.7. The molecule has 126 valence electrons. The van der Waals surface area contributed by atoms with Crippen LogP contribution in [0.5, 0.6) is 0 Å². The van der Waals surface area contributed by atoms with Crippen LogP contribution in [0.1, 0.15) is 30.6 Å². The number of hydrogen-bond acceptors (Lipinski definition) is 4. The van der Waals surface area contributed by atoms with Gasteiger partial charge in [0.1, 0.15) is 6.04 Å². The zero-order chi connectivity index (χ0) is 16.5. The summed E-state index contributed by atoms with van der Waals surface area (Å²) in [6.45, 7) is 1.43. The molecule has 0 radical (unpaired) electrons. The van der Waals surface area contributed by atoms with Crippen LogP contribution in [-0.4, -0.2) is 32.5 Å². The zero-order valence-electron chi connectivity index (χ0n) is 13.4. The Bertz CT molecular complexity index is 736.